The molecule has 1 N–H and O–H groups in total. The van der Waals surface area contributed by atoms with Crippen LogP contribution in [0.4, 0.5) is 0 Å². The second kappa shape index (κ2) is 9.24. The number of hydrogen-bond acceptors (Lipinski definition) is 7. The number of aromatic amines is 1. The summed E-state index contributed by atoms with van der Waals surface area (Å²) < 4.78 is 13.1. The van der Waals surface area contributed by atoms with Gasteiger partial charge in [-0.25, -0.2) is 4.68 Å². The van der Waals surface area contributed by atoms with Crippen molar-refractivity contribution in [2.24, 2.45) is 0 Å². The molecule has 6 rings (SSSR count). The molecule has 9 nitrogen and oxygen atoms in total. The van der Waals surface area contributed by atoms with Crippen LogP contribution in [-0.2, 0) is 24.2 Å². The Morgan fingerprint density at radius 3 is 2.91 bits per heavy atom. The molecule has 0 bridgehead atoms. The molecule has 0 aliphatic carbocycles. The van der Waals surface area contributed by atoms with Gasteiger partial charge in [0.2, 0.25) is 0 Å². The summed E-state index contributed by atoms with van der Waals surface area (Å²) in [5.41, 5.74) is 3.85. The van der Waals surface area contributed by atoms with Crippen LogP contribution in [0, 0.1) is 0 Å². The van der Waals surface area contributed by atoms with Crippen molar-refractivity contribution in [2.45, 2.75) is 44.5 Å². The highest BCUT2D eigenvalue weighted by Crippen LogP contribution is 2.32. The van der Waals surface area contributed by atoms with Gasteiger partial charge in [-0.1, -0.05) is 24.3 Å². The first-order chi connectivity index (χ1) is 17.2. The second-order valence-electron chi connectivity index (χ2n) is 9.25. The van der Waals surface area contributed by atoms with Crippen LogP contribution in [0.1, 0.15) is 41.4 Å². The Labute approximate surface area is 202 Å². The highest BCUT2D eigenvalue weighted by molar-refractivity contribution is 5.80. The highest BCUT2D eigenvalue weighted by atomic mass is 16.5. The van der Waals surface area contributed by atoms with Crippen molar-refractivity contribution in [3.8, 4) is 5.75 Å². The van der Waals surface area contributed by atoms with Crippen LogP contribution in [0.5, 0.6) is 5.75 Å². The maximum absolute atomic E-state index is 13.5. The monoisotopic (exact) mass is 472 g/mol. The number of rotatable bonds is 6. The Balaban J connectivity index is 1.46. The summed E-state index contributed by atoms with van der Waals surface area (Å²) in [5, 5.41) is 13.7. The molecule has 0 amide bonds. The Morgan fingerprint density at radius 1 is 1.20 bits per heavy atom. The van der Waals surface area contributed by atoms with Crippen molar-refractivity contribution >= 4 is 10.9 Å². The SMILES string of the molecule is COc1ccc2[nH]c(=O)c([C@H](c3nnnn3C[C@H]3CCCO3)N3CCc4ccccc4C3)cc2c1. The van der Waals surface area contributed by atoms with Gasteiger partial charge in [0.05, 0.1) is 19.8 Å². The summed E-state index contributed by atoms with van der Waals surface area (Å²) in [6.45, 7) is 2.84. The topological polar surface area (TPSA) is 98.2 Å². The number of pyridine rings is 1. The van der Waals surface area contributed by atoms with Crippen molar-refractivity contribution in [1.29, 1.82) is 0 Å². The van der Waals surface area contributed by atoms with Gasteiger partial charge in [0.15, 0.2) is 5.82 Å². The first-order valence-corrected chi connectivity index (χ1v) is 12.1. The van der Waals surface area contributed by atoms with E-state index < -0.39 is 6.04 Å². The summed E-state index contributed by atoms with van der Waals surface area (Å²) in [6.07, 6.45) is 3.01. The molecule has 2 aromatic carbocycles. The molecule has 2 aliphatic rings. The third-order valence-corrected chi connectivity index (χ3v) is 7.10. The van der Waals surface area contributed by atoms with Crippen LogP contribution in [0.2, 0.25) is 0 Å². The zero-order valence-electron chi connectivity index (χ0n) is 19.7. The largest absolute Gasteiger partial charge is 0.497 e. The van der Waals surface area contributed by atoms with Gasteiger partial charge >= 0.3 is 0 Å². The molecule has 2 aromatic heterocycles. The molecule has 2 atom stereocenters. The molecule has 0 saturated carbocycles. The average molecular weight is 473 g/mol. The Kier molecular flexibility index (Phi) is 5.79. The lowest BCUT2D eigenvalue weighted by molar-refractivity contribution is 0.0904. The third kappa shape index (κ3) is 4.21. The van der Waals surface area contributed by atoms with E-state index >= 15 is 0 Å². The number of ether oxygens (including phenoxy) is 2. The van der Waals surface area contributed by atoms with Crippen LogP contribution in [0.15, 0.2) is 53.3 Å². The molecular formula is C26H28N6O3. The average Bonchev–Trinajstić information content (AvgIpc) is 3.57. The normalized spacial score (nSPS) is 19.1. The van der Waals surface area contributed by atoms with Gasteiger partial charge in [-0.15, -0.1) is 5.10 Å². The van der Waals surface area contributed by atoms with Crippen molar-refractivity contribution in [3.63, 3.8) is 0 Å². The van der Waals surface area contributed by atoms with Crippen LogP contribution in [0.3, 0.4) is 0 Å². The standard InChI is InChI=1S/C26H28N6O3/c1-34-20-8-9-23-19(13-20)14-22(26(33)27-23)24(31-11-10-17-5-2-3-6-18(17)15-31)25-28-29-30-32(25)16-21-7-4-12-35-21/h2-3,5-6,8-9,13-14,21,24H,4,7,10-12,15-16H2,1H3,(H,27,33)/t21-,24-/m1/s1. The summed E-state index contributed by atoms with van der Waals surface area (Å²) in [6, 6.07) is 15.7. The molecule has 0 spiro atoms. The Morgan fingerprint density at radius 2 is 2.09 bits per heavy atom. The van der Waals surface area contributed by atoms with E-state index in [0.717, 1.165) is 49.1 Å². The molecular weight excluding hydrogens is 444 g/mol. The molecule has 35 heavy (non-hydrogen) atoms. The number of aromatic nitrogens is 5. The van der Waals surface area contributed by atoms with E-state index in [-0.39, 0.29) is 11.7 Å². The first kappa shape index (κ1) is 21.9. The molecule has 180 valence electrons. The number of hydrogen-bond donors (Lipinski definition) is 1. The van der Waals surface area contributed by atoms with Gasteiger partial charge < -0.3 is 14.5 Å². The van der Waals surface area contributed by atoms with E-state index in [1.54, 1.807) is 7.11 Å². The van der Waals surface area contributed by atoms with Crippen molar-refractivity contribution in [1.82, 2.24) is 30.1 Å². The van der Waals surface area contributed by atoms with Gasteiger partial charge in [0.25, 0.3) is 5.56 Å². The maximum atomic E-state index is 13.5. The third-order valence-electron chi connectivity index (χ3n) is 7.10. The van der Waals surface area contributed by atoms with Gasteiger partial charge in [-0.05, 0) is 65.1 Å². The van der Waals surface area contributed by atoms with E-state index in [2.05, 4.69) is 49.7 Å². The van der Waals surface area contributed by atoms with E-state index in [0.29, 0.717) is 24.5 Å². The molecule has 0 radical (unpaired) electrons. The fourth-order valence-corrected chi connectivity index (χ4v) is 5.29. The summed E-state index contributed by atoms with van der Waals surface area (Å²) in [5.74, 6) is 1.40. The second-order valence-corrected chi connectivity index (χ2v) is 9.25. The lowest BCUT2D eigenvalue weighted by Gasteiger charge is -2.35. The molecule has 9 heteroatoms. The molecule has 4 aromatic rings. The number of nitrogens with one attached hydrogen (secondary N) is 1. The molecule has 1 saturated heterocycles. The van der Waals surface area contributed by atoms with Gasteiger partial charge in [0.1, 0.15) is 11.8 Å². The number of methoxy groups -OCH3 is 1. The minimum Gasteiger partial charge on any atom is -0.497 e. The van der Waals surface area contributed by atoms with Gasteiger partial charge in [0, 0.05) is 36.2 Å². The van der Waals surface area contributed by atoms with E-state index in [1.807, 2.05) is 28.9 Å². The van der Waals surface area contributed by atoms with Crippen molar-refractivity contribution in [2.75, 3.05) is 20.3 Å². The minimum atomic E-state index is -0.404. The first-order valence-electron chi connectivity index (χ1n) is 12.1. The Bertz CT molecular complexity index is 1410. The fourth-order valence-electron chi connectivity index (χ4n) is 5.29. The fraction of sp³-hybridized carbons (Fsp3) is 0.385. The van der Waals surface area contributed by atoms with Crippen LogP contribution < -0.4 is 10.3 Å². The van der Waals surface area contributed by atoms with E-state index in [4.69, 9.17) is 9.47 Å². The predicted octanol–water partition coefficient (Wildman–Crippen LogP) is 2.85. The zero-order valence-corrected chi connectivity index (χ0v) is 19.7. The predicted molar refractivity (Wildman–Crippen MR) is 130 cm³/mol. The Hall–Kier alpha value is -3.56. The lowest BCUT2D eigenvalue weighted by Crippen LogP contribution is -2.39. The highest BCUT2D eigenvalue weighted by Gasteiger charge is 2.33. The van der Waals surface area contributed by atoms with Crippen molar-refractivity contribution < 1.29 is 9.47 Å². The number of nitrogens with zero attached hydrogens (tertiary/aromatic N) is 5. The van der Waals surface area contributed by atoms with Crippen LogP contribution in [0.25, 0.3) is 10.9 Å². The van der Waals surface area contributed by atoms with E-state index in [9.17, 15) is 4.79 Å². The number of tetrazole rings is 1. The smallest absolute Gasteiger partial charge is 0.253 e. The number of benzene rings is 2. The number of fused-ring (bicyclic) bond motifs is 2. The molecule has 0 unspecified atom stereocenters. The molecule has 1 fully saturated rings. The van der Waals surface area contributed by atoms with Gasteiger partial charge in [-0.3, -0.25) is 9.69 Å². The zero-order chi connectivity index (χ0) is 23.8. The van der Waals surface area contributed by atoms with Crippen LogP contribution in [-0.4, -0.2) is 56.5 Å². The van der Waals surface area contributed by atoms with Crippen molar-refractivity contribution in [3.05, 3.63) is 81.4 Å². The quantitative estimate of drug-likeness (QED) is 0.461. The summed E-state index contributed by atoms with van der Waals surface area (Å²) >= 11 is 0. The lowest BCUT2D eigenvalue weighted by atomic mass is 9.96. The molecule has 4 heterocycles. The number of H-pyrrole nitrogens is 1. The minimum absolute atomic E-state index is 0.0825. The summed E-state index contributed by atoms with van der Waals surface area (Å²) in [4.78, 5) is 18.8. The van der Waals surface area contributed by atoms with Crippen LogP contribution >= 0.6 is 0 Å². The maximum Gasteiger partial charge on any atom is 0.253 e. The van der Waals surface area contributed by atoms with Gasteiger partial charge in [-0.2, -0.15) is 0 Å². The van der Waals surface area contributed by atoms with E-state index in [1.165, 1.54) is 11.1 Å². The summed E-state index contributed by atoms with van der Waals surface area (Å²) in [7, 11) is 1.64. The molecule has 2 aliphatic heterocycles.